The molecule has 1 aromatic heterocycles. The summed E-state index contributed by atoms with van der Waals surface area (Å²) in [6.45, 7) is 6.80. The van der Waals surface area contributed by atoms with Crippen molar-refractivity contribution in [3.63, 3.8) is 0 Å². The molecule has 2 heterocycles. The predicted octanol–water partition coefficient (Wildman–Crippen LogP) is 2.06. The normalized spacial score (nSPS) is 25.1. The average Bonchev–Trinajstić information content (AvgIpc) is 2.71. The van der Waals surface area contributed by atoms with Gasteiger partial charge in [0.1, 0.15) is 0 Å². The fourth-order valence-corrected chi connectivity index (χ4v) is 3.14. The molecular weight excluding hydrogens is 224 g/mol. The van der Waals surface area contributed by atoms with Gasteiger partial charge in [0.2, 0.25) is 0 Å². The molecule has 1 aliphatic rings. The van der Waals surface area contributed by atoms with Crippen molar-refractivity contribution in [1.82, 2.24) is 4.98 Å². The van der Waals surface area contributed by atoms with Gasteiger partial charge in [-0.25, -0.2) is 4.98 Å². The summed E-state index contributed by atoms with van der Waals surface area (Å²) in [7, 11) is 0. The number of aryl methyl sites for hydroxylation is 2. The Labute approximate surface area is 98.9 Å². The van der Waals surface area contributed by atoms with Crippen molar-refractivity contribution in [3.05, 3.63) is 10.6 Å². The molecule has 0 spiro atoms. The van der Waals surface area contributed by atoms with Crippen LogP contribution in [0, 0.1) is 19.8 Å². The molecule has 1 aromatic rings. The molecule has 0 amide bonds. The molecule has 1 aliphatic heterocycles. The smallest absolute Gasteiger partial charge is 0.308 e. The number of carboxylic acids is 1. The molecule has 4 nitrogen and oxygen atoms in total. The van der Waals surface area contributed by atoms with Gasteiger partial charge in [0, 0.05) is 17.5 Å². The van der Waals surface area contributed by atoms with E-state index < -0.39 is 5.97 Å². The lowest BCUT2D eigenvalue weighted by atomic mass is 10.0. The highest BCUT2D eigenvalue weighted by Crippen LogP contribution is 2.33. The van der Waals surface area contributed by atoms with E-state index in [0.29, 0.717) is 6.42 Å². The maximum Gasteiger partial charge on any atom is 0.308 e. The topological polar surface area (TPSA) is 53.4 Å². The Hall–Kier alpha value is -1.10. The zero-order valence-corrected chi connectivity index (χ0v) is 10.5. The molecule has 0 saturated carbocycles. The summed E-state index contributed by atoms with van der Waals surface area (Å²) in [5.41, 5.74) is 1.05. The highest BCUT2D eigenvalue weighted by Gasteiger charge is 2.36. The van der Waals surface area contributed by atoms with Gasteiger partial charge < -0.3 is 10.0 Å². The number of thiazole rings is 1. The number of nitrogens with zero attached hydrogens (tertiary/aromatic N) is 2. The summed E-state index contributed by atoms with van der Waals surface area (Å²) < 4.78 is 0. The van der Waals surface area contributed by atoms with E-state index in [1.807, 2.05) is 20.8 Å². The van der Waals surface area contributed by atoms with Crippen LogP contribution in [-0.2, 0) is 4.79 Å². The van der Waals surface area contributed by atoms with Gasteiger partial charge in [-0.15, -0.1) is 11.3 Å². The average molecular weight is 240 g/mol. The minimum Gasteiger partial charge on any atom is -0.481 e. The van der Waals surface area contributed by atoms with Crippen LogP contribution >= 0.6 is 11.3 Å². The van der Waals surface area contributed by atoms with Crippen molar-refractivity contribution < 1.29 is 9.90 Å². The molecule has 16 heavy (non-hydrogen) atoms. The first-order chi connectivity index (χ1) is 7.50. The summed E-state index contributed by atoms with van der Waals surface area (Å²) >= 11 is 1.65. The number of rotatable bonds is 2. The van der Waals surface area contributed by atoms with Crippen molar-refractivity contribution in [1.29, 1.82) is 0 Å². The van der Waals surface area contributed by atoms with Gasteiger partial charge in [-0.05, 0) is 27.2 Å². The zero-order chi connectivity index (χ0) is 11.9. The van der Waals surface area contributed by atoms with Crippen molar-refractivity contribution in [2.45, 2.75) is 33.2 Å². The molecule has 2 atom stereocenters. The van der Waals surface area contributed by atoms with Gasteiger partial charge in [-0.2, -0.15) is 0 Å². The van der Waals surface area contributed by atoms with E-state index in [1.54, 1.807) is 11.3 Å². The molecule has 0 bridgehead atoms. The summed E-state index contributed by atoms with van der Waals surface area (Å²) in [6.07, 6.45) is 0.716. The first-order valence-electron chi connectivity index (χ1n) is 5.44. The quantitative estimate of drug-likeness (QED) is 0.859. The van der Waals surface area contributed by atoms with Crippen LogP contribution in [0.25, 0.3) is 0 Å². The number of carboxylic acid groups (broad SMARTS) is 1. The Kier molecular flexibility index (Phi) is 2.88. The van der Waals surface area contributed by atoms with Crippen molar-refractivity contribution in [3.8, 4) is 0 Å². The maximum atomic E-state index is 11.0. The van der Waals surface area contributed by atoms with Gasteiger partial charge in [-0.3, -0.25) is 4.79 Å². The highest BCUT2D eigenvalue weighted by molar-refractivity contribution is 7.15. The monoisotopic (exact) mass is 240 g/mol. The highest BCUT2D eigenvalue weighted by atomic mass is 32.1. The molecule has 0 aromatic carbocycles. The summed E-state index contributed by atoms with van der Waals surface area (Å²) in [4.78, 5) is 18.8. The largest absolute Gasteiger partial charge is 0.481 e. The second kappa shape index (κ2) is 4.05. The summed E-state index contributed by atoms with van der Waals surface area (Å²) in [6, 6.07) is 0.0439. The van der Waals surface area contributed by atoms with E-state index in [9.17, 15) is 4.79 Å². The fraction of sp³-hybridized carbons (Fsp3) is 0.636. The first kappa shape index (κ1) is 11.4. The second-order valence-corrected chi connectivity index (χ2v) is 5.49. The Balaban J connectivity index is 2.21. The third-order valence-electron chi connectivity index (χ3n) is 3.34. The van der Waals surface area contributed by atoms with Crippen LogP contribution < -0.4 is 4.90 Å². The molecule has 1 fully saturated rings. The fourth-order valence-electron chi connectivity index (χ4n) is 2.12. The number of hydrogen-bond donors (Lipinski definition) is 1. The Morgan fingerprint density at radius 1 is 1.56 bits per heavy atom. The van der Waals surface area contributed by atoms with Gasteiger partial charge in [0.05, 0.1) is 11.6 Å². The van der Waals surface area contributed by atoms with Gasteiger partial charge >= 0.3 is 5.97 Å². The molecular formula is C11H16N2O2S. The lowest BCUT2D eigenvalue weighted by Gasteiger charge is -2.22. The summed E-state index contributed by atoms with van der Waals surface area (Å²) in [5.74, 6) is -0.954. The lowest BCUT2D eigenvalue weighted by Crippen LogP contribution is -2.32. The van der Waals surface area contributed by atoms with E-state index in [2.05, 4.69) is 9.88 Å². The van der Waals surface area contributed by atoms with Crippen LogP contribution in [0.1, 0.15) is 23.9 Å². The lowest BCUT2D eigenvalue weighted by molar-refractivity contribution is -0.141. The molecule has 0 unspecified atom stereocenters. The van der Waals surface area contributed by atoms with E-state index in [4.69, 9.17) is 5.11 Å². The van der Waals surface area contributed by atoms with Crippen LogP contribution in [0.5, 0.6) is 0 Å². The SMILES string of the molecule is Cc1nc(N2CC[C@H](C(=O)O)[C@H]2C)sc1C. The zero-order valence-electron chi connectivity index (χ0n) is 9.73. The van der Waals surface area contributed by atoms with Gasteiger partial charge in [0.25, 0.3) is 0 Å². The third kappa shape index (κ3) is 1.80. The summed E-state index contributed by atoms with van der Waals surface area (Å²) in [5, 5.41) is 10.0. The minimum atomic E-state index is -0.694. The third-order valence-corrected chi connectivity index (χ3v) is 4.45. The second-order valence-electron chi connectivity index (χ2n) is 4.31. The molecule has 1 N–H and O–H groups in total. The van der Waals surface area contributed by atoms with Crippen LogP contribution in [0.2, 0.25) is 0 Å². The van der Waals surface area contributed by atoms with E-state index in [0.717, 1.165) is 17.4 Å². The maximum absolute atomic E-state index is 11.0. The Bertz CT molecular complexity index is 397. The number of aliphatic carboxylic acids is 1. The van der Waals surface area contributed by atoms with Gasteiger partial charge in [0.15, 0.2) is 5.13 Å². The Morgan fingerprint density at radius 2 is 2.25 bits per heavy atom. The van der Waals surface area contributed by atoms with Crippen LogP contribution in [0.3, 0.4) is 0 Å². The molecule has 0 radical (unpaired) electrons. The van der Waals surface area contributed by atoms with Crippen molar-refractivity contribution in [2.24, 2.45) is 5.92 Å². The number of carbonyl (C=O) groups is 1. The molecule has 88 valence electrons. The van der Waals surface area contributed by atoms with Crippen LogP contribution in [0.15, 0.2) is 0 Å². The number of anilines is 1. The standard InChI is InChI=1S/C11H16N2O2S/c1-6-8(3)16-11(12-6)13-5-4-9(7(13)2)10(14)15/h7,9H,4-5H2,1-3H3,(H,14,15)/t7-,9+/m1/s1. The molecule has 1 saturated heterocycles. The Morgan fingerprint density at radius 3 is 2.69 bits per heavy atom. The van der Waals surface area contributed by atoms with E-state index in [-0.39, 0.29) is 12.0 Å². The first-order valence-corrected chi connectivity index (χ1v) is 6.26. The predicted molar refractivity (Wildman–Crippen MR) is 64.1 cm³/mol. The van der Waals surface area contributed by atoms with Crippen LogP contribution in [0.4, 0.5) is 5.13 Å². The van der Waals surface area contributed by atoms with Crippen molar-refractivity contribution in [2.75, 3.05) is 11.4 Å². The molecule has 5 heteroatoms. The van der Waals surface area contributed by atoms with Gasteiger partial charge in [-0.1, -0.05) is 0 Å². The molecule has 0 aliphatic carbocycles. The van der Waals surface area contributed by atoms with Crippen molar-refractivity contribution >= 4 is 22.4 Å². The minimum absolute atomic E-state index is 0.0439. The number of hydrogen-bond acceptors (Lipinski definition) is 4. The van der Waals surface area contributed by atoms with Crippen LogP contribution in [-0.4, -0.2) is 28.6 Å². The van der Waals surface area contributed by atoms with E-state index in [1.165, 1.54) is 4.88 Å². The van der Waals surface area contributed by atoms with E-state index >= 15 is 0 Å². The number of aromatic nitrogens is 1. The molecule has 2 rings (SSSR count).